The molecule has 102 valence electrons. The van der Waals surface area contributed by atoms with Gasteiger partial charge in [0.15, 0.2) is 0 Å². The number of ether oxygens (including phenoxy) is 1. The number of fused-ring (bicyclic) bond motifs is 3. The largest absolute Gasteiger partial charge is 0.487 e. The molecule has 3 heteroatoms. The van der Waals surface area contributed by atoms with Crippen LogP contribution in [0.3, 0.4) is 0 Å². The monoisotopic (exact) mass is 274 g/mol. The highest BCUT2D eigenvalue weighted by molar-refractivity contribution is 6.07. The van der Waals surface area contributed by atoms with Crippen LogP contribution in [0.1, 0.15) is 5.69 Å². The molecule has 0 aliphatic rings. The smallest absolute Gasteiger partial charge is 0.130 e. The molecule has 0 aliphatic carbocycles. The highest BCUT2D eigenvalue weighted by Gasteiger charge is 2.05. The summed E-state index contributed by atoms with van der Waals surface area (Å²) in [4.78, 5) is 7.68. The predicted octanol–water partition coefficient (Wildman–Crippen LogP) is 4.30. The standard InChI is InChI=1S/C18H14N2O/c1-2-7-17-15(6-1)16-9-8-14(11-18(16)20-17)21-12-13-5-3-4-10-19-13/h1-11,20H,12H2. The number of nitrogens with one attached hydrogen (secondary N) is 1. The predicted molar refractivity (Wildman–Crippen MR) is 84.4 cm³/mol. The van der Waals surface area contributed by atoms with Crippen molar-refractivity contribution >= 4 is 21.8 Å². The first-order chi connectivity index (χ1) is 10.4. The van der Waals surface area contributed by atoms with Crippen LogP contribution in [-0.2, 0) is 6.61 Å². The van der Waals surface area contributed by atoms with Crippen LogP contribution in [-0.4, -0.2) is 9.97 Å². The van der Waals surface area contributed by atoms with E-state index < -0.39 is 0 Å². The maximum absolute atomic E-state index is 5.81. The zero-order valence-corrected chi connectivity index (χ0v) is 11.4. The molecular weight excluding hydrogens is 260 g/mol. The van der Waals surface area contributed by atoms with Gasteiger partial charge in [-0.15, -0.1) is 0 Å². The molecule has 0 amide bonds. The zero-order valence-electron chi connectivity index (χ0n) is 11.4. The molecule has 0 spiro atoms. The van der Waals surface area contributed by atoms with Gasteiger partial charge in [-0.3, -0.25) is 4.98 Å². The Hall–Kier alpha value is -2.81. The third-order valence-corrected chi connectivity index (χ3v) is 3.59. The van der Waals surface area contributed by atoms with Crippen LogP contribution in [0, 0.1) is 0 Å². The second-order valence-corrected chi connectivity index (χ2v) is 4.99. The van der Waals surface area contributed by atoms with Crippen LogP contribution in [0.5, 0.6) is 5.75 Å². The molecule has 0 aliphatic heterocycles. The maximum atomic E-state index is 5.81. The number of para-hydroxylation sites is 1. The van der Waals surface area contributed by atoms with E-state index in [1.807, 2.05) is 36.4 Å². The third-order valence-electron chi connectivity index (χ3n) is 3.59. The Balaban J connectivity index is 1.66. The molecule has 3 nitrogen and oxygen atoms in total. The number of aromatic nitrogens is 2. The lowest BCUT2D eigenvalue weighted by molar-refractivity contribution is 0.302. The van der Waals surface area contributed by atoms with Gasteiger partial charge in [-0.2, -0.15) is 0 Å². The van der Waals surface area contributed by atoms with E-state index in [4.69, 9.17) is 4.74 Å². The van der Waals surface area contributed by atoms with Crippen molar-refractivity contribution in [1.82, 2.24) is 9.97 Å². The highest BCUT2D eigenvalue weighted by atomic mass is 16.5. The quantitative estimate of drug-likeness (QED) is 0.605. The van der Waals surface area contributed by atoms with Crippen LogP contribution in [0.15, 0.2) is 66.9 Å². The Morgan fingerprint density at radius 2 is 1.71 bits per heavy atom. The van der Waals surface area contributed by atoms with Crippen molar-refractivity contribution in [2.24, 2.45) is 0 Å². The molecule has 0 atom stereocenters. The minimum absolute atomic E-state index is 0.479. The van der Waals surface area contributed by atoms with Crippen molar-refractivity contribution in [2.75, 3.05) is 0 Å². The fourth-order valence-corrected chi connectivity index (χ4v) is 2.56. The number of pyridine rings is 1. The summed E-state index contributed by atoms with van der Waals surface area (Å²) in [7, 11) is 0. The molecule has 0 saturated carbocycles. The number of benzene rings is 2. The Labute approximate surface area is 122 Å². The van der Waals surface area contributed by atoms with Crippen molar-refractivity contribution in [3.8, 4) is 5.75 Å². The van der Waals surface area contributed by atoms with Gasteiger partial charge in [0.1, 0.15) is 12.4 Å². The molecule has 21 heavy (non-hydrogen) atoms. The average molecular weight is 274 g/mol. The summed E-state index contributed by atoms with van der Waals surface area (Å²) >= 11 is 0. The molecular formula is C18H14N2O. The molecule has 4 rings (SSSR count). The summed E-state index contributed by atoms with van der Waals surface area (Å²) in [5, 5.41) is 2.46. The van der Waals surface area contributed by atoms with Gasteiger partial charge in [-0.25, -0.2) is 0 Å². The van der Waals surface area contributed by atoms with Crippen molar-refractivity contribution in [3.05, 3.63) is 72.6 Å². The first-order valence-corrected chi connectivity index (χ1v) is 6.93. The van der Waals surface area contributed by atoms with E-state index in [1.165, 1.54) is 10.8 Å². The van der Waals surface area contributed by atoms with Gasteiger partial charge in [-0.1, -0.05) is 24.3 Å². The third kappa shape index (κ3) is 2.23. The fourth-order valence-electron chi connectivity index (χ4n) is 2.56. The minimum Gasteiger partial charge on any atom is -0.487 e. The van der Waals surface area contributed by atoms with Gasteiger partial charge in [0, 0.05) is 28.6 Å². The number of nitrogens with zero attached hydrogens (tertiary/aromatic N) is 1. The van der Waals surface area contributed by atoms with Gasteiger partial charge in [0.25, 0.3) is 0 Å². The summed E-state index contributed by atoms with van der Waals surface area (Å²) in [6.45, 7) is 0.479. The fraction of sp³-hybridized carbons (Fsp3) is 0.0556. The lowest BCUT2D eigenvalue weighted by Crippen LogP contribution is -1.97. The van der Waals surface area contributed by atoms with Crippen LogP contribution >= 0.6 is 0 Å². The Kier molecular flexibility index (Phi) is 2.82. The number of rotatable bonds is 3. The SMILES string of the molecule is c1ccc(COc2ccc3c(c2)[nH]c2ccccc23)nc1. The van der Waals surface area contributed by atoms with Crippen molar-refractivity contribution in [3.63, 3.8) is 0 Å². The summed E-state index contributed by atoms with van der Waals surface area (Å²) < 4.78 is 5.81. The molecule has 2 aromatic carbocycles. The normalized spacial score (nSPS) is 11.0. The lowest BCUT2D eigenvalue weighted by Gasteiger charge is -2.05. The summed E-state index contributed by atoms with van der Waals surface area (Å²) in [5.74, 6) is 0.847. The highest BCUT2D eigenvalue weighted by Crippen LogP contribution is 2.28. The number of hydrogen-bond acceptors (Lipinski definition) is 2. The van der Waals surface area contributed by atoms with E-state index in [2.05, 4.69) is 34.2 Å². The first-order valence-electron chi connectivity index (χ1n) is 6.93. The van der Waals surface area contributed by atoms with Crippen LogP contribution in [0.4, 0.5) is 0 Å². The van der Waals surface area contributed by atoms with Crippen molar-refractivity contribution in [2.45, 2.75) is 6.61 Å². The molecule has 1 N–H and O–H groups in total. The Morgan fingerprint density at radius 3 is 2.62 bits per heavy atom. The molecule has 0 radical (unpaired) electrons. The second kappa shape index (κ2) is 4.94. The van der Waals surface area contributed by atoms with Crippen molar-refractivity contribution in [1.29, 1.82) is 0 Å². The van der Waals surface area contributed by atoms with E-state index in [0.717, 1.165) is 22.5 Å². The average Bonchev–Trinajstić information content (AvgIpc) is 2.91. The van der Waals surface area contributed by atoms with E-state index >= 15 is 0 Å². The molecule has 2 heterocycles. The summed E-state index contributed by atoms with van der Waals surface area (Å²) in [6, 6.07) is 20.3. The van der Waals surface area contributed by atoms with E-state index in [-0.39, 0.29) is 0 Å². The zero-order chi connectivity index (χ0) is 14.1. The van der Waals surface area contributed by atoms with E-state index in [1.54, 1.807) is 6.20 Å². The summed E-state index contributed by atoms with van der Waals surface area (Å²) in [5.41, 5.74) is 3.17. The number of aromatic amines is 1. The molecule has 2 aromatic heterocycles. The Morgan fingerprint density at radius 1 is 0.857 bits per heavy atom. The van der Waals surface area contributed by atoms with Crippen LogP contribution < -0.4 is 4.74 Å². The maximum Gasteiger partial charge on any atom is 0.130 e. The van der Waals surface area contributed by atoms with Gasteiger partial charge in [0.05, 0.1) is 11.2 Å². The molecule has 0 fully saturated rings. The lowest BCUT2D eigenvalue weighted by atomic mass is 10.1. The van der Waals surface area contributed by atoms with E-state index in [9.17, 15) is 0 Å². The van der Waals surface area contributed by atoms with Gasteiger partial charge >= 0.3 is 0 Å². The molecule has 0 unspecified atom stereocenters. The molecule has 4 aromatic rings. The van der Waals surface area contributed by atoms with Crippen molar-refractivity contribution < 1.29 is 4.74 Å². The second-order valence-electron chi connectivity index (χ2n) is 4.99. The van der Waals surface area contributed by atoms with Crippen LogP contribution in [0.25, 0.3) is 21.8 Å². The van der Waals surface area contributed by atoms with E-state index in [0.29, 0.717) is 6.61 Å². The Bertz CT molecular complexity index is 897. The topological polar surface area (TPSA) is 37.9 Å². The van der Waals surface area contributed by atoms with Crippen LogP contribution in [0.2, 0.25) is 0 Å². The molecule has 0 saturated heterocycles. The minimum atomic E-state index is 0.479. The van der Waals surface area contributed by atoms with Gasteiger partial charge in [0.2, 0.25) is 0 Å². The summed E-state index contributed by atoms with van der Waals surface area (Å²) in [6.07, 6.45) is 1.78. The van der Waals surface area contributed by atoms with Gasteiger partial charge in [-0.05, 0) is 30.3 Å². The number of H-pyrrole nitrogens is 1. The number of hydrogen-bond donors (Lipinski definition) is 1. The molecule has 0 bridgehead atoms. The first kappa shape index (κ1) is 12.0. The van der Waals surface area contributed by atoms with Gasteiger partial charge < -0.3 is 9.72 Å².